The minimum Gasteiger partial charge on any atom is -0.379 e. The van der Waals surface area contributed by atoms with E-state index >= 15 is 0 Å². The van der Waals surface area contributed by atoms with Gasteiger partial charge in [0.15, 0.2) is 0 Å². The van der Waals surface area contributed by atoms with Gasteiger partial charge in [0.25, 0.3) is 0 Å². The van der Waals surface area contributed by atoms with Crippen molar-refractivity contribution in [3.8, 4) is 0 Å². The summed E-state index contributed by atoms with van der Waals surface area (Å²) in [6, 6.07) is 0. The average molecular weight is 308 g/mol. The highest BCUT2D eigenvalue weighted by Gasteiger charge is 2.45. The SMILES string of the molecule is NCCOCCOCCCCNS(=O)(=O)C(F)(F)F. The first-order valence-corrected chi connectivity index (χ1v) is 7.21. The topological polar surface area (TPSA) is 90.7 Å². The fourth-order valence-corrected chi connectivity index (χ4v) is 1.60. The van der Waals surface area contributed by atoms with E-state index < -0.39 is 15.5 Å². The van der Waals surface area contributed by atoms with Crippen LogP contribution >= 0.6 is 0 Å². The van der Waals surface area contributed by atoms with Crippen LogP contribution in [-0.2, 0) is 19.5 Å². The van der Waals surface area contributed by atoms with Crippen molar-refractivity contribution in [2.45, 2.75) is 18.3 Å². The van der Waals surface area contributed by atoms with E-state index in [1.807, 2.05) is 0 Å². The summed E-state index contributed by atoms with van der Waals surface area (Å²) in [5.74, 6) is 0. The fraction of sp³-hybridized carbons (Fsp3) is 1.00. The number of halogens is 3. The normalized spacial score (nSPS) is 12.8. The van der Waals surface area contributed by atoms with Crippen molar-refractivity contribution in [1.82, 2.24) is 4.72 Å². The quantitative estimate of drug-likeness (QED) is 0.532. The molecule has 3 N–H and O–H groups in total. The van der Waals surface area contributed by atoms with Gasteiger partial charge in [-0.2, -0.15) is 13.2 Å². The molecule has 0 atom stereocenters. The predicted molar refractivity (Wildman–Crippen MR) is 62.9 cm³/mol. The predicted octanol–water partition coefficient (Wildman–Crippen LogP) is 0.198. The van der Waals surface area contributed by atoms with Crippen molar-refractivity contribution in [3.05, 3.63) is 0 Å². The van der Waals surface area contributed by atoms with Crippen LogP contribution in [0.5, 0.6) is 0 Å². The summed E-state index contributed by atoms with van der Waals surface area (Å²) in [6.07, 6.45) is 0.718. The molecule has 0 saturated heterocycles. The van der Waals surface area contributed by atoms with Crippen molar-refractivity contribution in [3.63, 3.8) is 0 Å². The van der Waals surface area contributed by atoms with E-state index in [0.717, 1.165) is 0 Å². The maximum absolute atomic E-state index is 11.9. The highest BCUT2D eigenvalue weighted by atomic mass is 32.2. The lowest BCUT2D eigenvalue weighted by atomic mass is 10.3. The van der Waals surface area contributed by atoms with Gasteiger partial charge in [0.2, 0.25) is 0 Å². The van der Waals surface area contributed by atoms with Gasteiger partial charge in [-0.1, -0.05) is 0 Å². The molecule has 10 heteroatoms. The first-order valence-electron chi connectivity index (χ1n) is 5.73. The molecule has 0 aliphatic carbocycles. The maximum Gasteiger partial charge on any atom is 0.511 e. The van der Waals surface area contributed by atoms with Crippen LogP contribution in [0.25, 0.3) is 0 Å². The van der Waals surface area contributed by atoms with Crippen LogP contribution in [0.1, 0.15) is 12.8 Å². The highest BCUT2D eigenvalue weighted by molar-refractivity contribution is 7.90. The van der Waals surface area contributed by atoms with Crippen LogP contribution < -0.4 is 10.5 Å². The Morgan fingerprint density at radius 1 is 1.00 bits per heavy atom. The van der Waals surface area contributed by atoms with E-state index in [1.54, 1.807) is 0 Å². The Morgan fingerprint density at radius 3 is 2.11 bits per heavy atom. The molecule has 0 radical (unpaired) electrons. The molecule has 0 bridgehead atoms. The molecule has 0 fully saturated rings. The van der Waals surface area contributed by atoms with Crippen LogP contribution in [0.4, 0.5) is 13.2 Å². The zero-order chi connectivity index (χ0) is 14.8. The lowest BCUT2D eigenvalue weighted by Gasteiger charge is -2.09. The van der Waals surface area contributed by atoms with E-state index in [2.05, 4.69) is 0 Å². The lowest BCUT2D eigenvalue weighted by molar-refractivity contribution is -0.0447. The Morgan fingerprint density at radius 2 is 1.58 bits per heavy atom. The Labute approximate surface area is 110 Å². The Balaban J connectivity index is 3.42. The maximum atomic E-state index is 11.9. The number of hydrogen-bond donors (Lipinski definition) is 2. The van der Waals surface area contributed by atoms with Gasteiger partial charge in [0.1, 0.15) is 0 Å². The van der Waals surface area contributed by atoms with Gasteiger partial charge in [-0.05, 0) is 12.8 Å². The molecule has 116 valence electrons. The third kappa shape index (κ3) is 9.16. The monoisotopic (exact) mass is 308 g/mol. The number of alkyl halides is 3. The zero-order valence-electron chi connectivity index (χ0n) is 10.4. The summed E-state index contributed by atoms with van der Waals surface area (Å²) in [7, 11) is -5.23. The van der Waals surface area contributed by atoms with Gasteiger partial charge in [-0.3, -0.25) is 0 Å². The Kier molecular flexibility index (Phi) is 9.27. The van der Waals surface area contributed by atoms with Crippen molar-refractivity contribution >= 4 is 10.0 Å². The fourth-order valence-electron chi connectivity index (χ4n) is 1.02. The van der Waals surface area contributed by atoms with E-state index in [1.165, 1.54) is 4.72 Å². The first-order chi connectivity index (χ1) is 8.81. The van der Waals surface area contributed by atoms with E-state index in [9.17, 15) is 21.6 Å². The molecule has 0 heterocycles. The van der Waals surface area contributed by atoms with Crippen molar-refractivity contribution in [1.29, 1.82) is 0 Å². The highest BCUT2D eigenvalue weighted by Crippen LogP contribution is 2.21. The van der Waals surface area contributed by atoms with E-state index in [0.29, 0.717) is 39.4 Å². The molecule has 6 nitrogen and oxygen atoms in total. The molecule has 0 spiro atoms. The summed E-state index contributed by atoms with van der Waals surface area (Å²) in [5, 5.41) is 0. The molecule has 19 heavy (non-hydrogen) atoms. The molecule has 0 aromatic carbocycles. The van der Waals surface area contributed by atoms with Gasteiger partial charge in [-0.15, -0.1) is 0 Å². The molecule has 0 unspecified atom stereocenters. The average Bonchev–Trinajstić information content (AvgIpc) is 2.30. The van der Waals surface area contributed by atoms with Crippen molar-refractivity contribution in [2.24, 2.45) is 5.73 Å². The van der Waals surface area contributed by atoms with Gasteiger partial charge >= 0.3 is 15.5 Å². The summed E-state index contributed by atoms with van der Waals surface area (Å²) < 4.78 is 68.5. The van der Waals surface area contributed by atoms with E-state index in [-0.39, 0.29) is 13.0 Å². The second-order valence-electron chi connectivity index (χ2n) is 3.56. The number of hydrogen-bond acceptors (Lipinski definition) is 5. The van der Waals surface area contributed by atoms with Gasteiger partial charge in [0.05, 0.1) is 19.8 Å². The Hall–Kier alpha value is -0.420. The lowest BCUT2D eigenvalue weighted by Crippen LogP contribution is -2.36. The molecule has 0 rings (SSSR count). The minimum absolute atomic E-state index is 0.263. The van der Waals surface area contributed by atoms with Crippen molar-refractivity contribution in [2.75, 3.05) is 39.5 Å². The summed E-state index contributed by atoms with van der Waals surface area (Å²) in [4.78, 5) is 0. The summed E-state index contributed by atoms with van der Waals surface area (Å²) in [6.45, 7) is 1.71. The van der Waals surface area contributed by atoms with Crippen LogP contribution in [0.15, 0.2) is 0 Å². The van der Waals surface area contributed by atoms with Gasteiger partial charge < -0.3 is 15.2 Å². The number of nitrogens with one attached hydrogen (secondary N) is 1. The molecule has 0 aliphatic heterocycles. The van der Waals surface area contributed by atoms with Crippen LogP contribution in [0.2, 0.25) is 0 Å². The third-order valence-electron chi connectivity index (χ3n) is 1.95. The number of rotatable bonds is 11. The molecule has 0 aromatic rings. The summed E-state index contributed by atoms with van der Waals surface area (Å²) >= 11 is 0. The van der Waals surface area contributed by atoms with Gasteiger partial charge in [0, 0.05) is 19.7 Å². The number of sulfonamides is 1. The van der Waals surface area contributed by atoms with E-state index in [4.69, 9.17) is 15.2 Å². The van der Waals surface area contributed by atoms with Crippen molar-refractivity contribution < 1.29 is 31.1 Å². The minimum atomic E-state index is -5.26. The Bertz CT molecular complexity index is 322. The molecular formula is C9H19F3N2O4S. The largest absolute Gasteiger partial charge is 0.511 e. The molecule has 0 aliphatic rings. The summed E-state index contributed by atoms with van der Waals surface area (Å²) in [5.41, 5.74) is -0.0721. The van der Waals surface area contributed by atoms with Crippen LogP contribution in [-0.4, -0.2) is 53.4 Å². The second-order valence-corrected chi connectivity index (χ2v) is 5.32. The number of unbranched alkanes of at least 4 members (excludes halogenated alkanes) is 1. The number of ether oxygens (including phenoxy) is 2. The van der Waals surface area contributed by atoms with Gasteiger partial charge in [-0.25, -0.2) is 13.1 Å². The zero-order valence-corrected chi connectivity index (χ0v) is 11.2. The number of nitrogens with two attached hydrogens (primary N) is 1. The second kappa shape index (κ2) is 9.48. The molecular weight excluding hydrogens is 289 g/mol. The molecule has 0 amide bonds. The van der Waals surface area contributed by atoms with Crippen LogP contribution in [0.3, 0.4) is 0 Å². The first kappa shape index (κ1) is 18.6. The standard InChI is InChI=1S/C9H19F3N2O4S/c10-9(11,12)19(15,16)14-4-1-2-5-17-7-8-18-6-3-13/h14H,1-8,13H2. The third-order valence-corrected chi connectivity index (χ3v) is 3.14. The van der Waals surface area contributed by atoms with Crippen LogP contribution in [0, 0.1) is 0 Å². The smallest absolute Gasteiger partial charge is 0.379 e. The molecule has 0 aromatic heterocycles. The molecule has 0 saturated carbocycles.